The highest BCUT2D eigenvalue weighted by Gasteiger charge is 2.24. The van der Waals surface area contributed by atoms with E-state index in [0.717, 1.165) is 16.7 Å². The smallest absolute Gasteiger partial charge is 0.267 e. The minimum absolute atomic E-state index is 0.0119. The Morgan fingerprint density at radius 1 is 0.972 bits per heavy atom. The van der Waals surface area contributed by atoms with E-state index >= 15 is 0 Å². The standard InChI is InChI=1S/C28H26N4O3S/c1-16-10-13-24(35-5)23(14-16)31-26(34)21-8-6-7-9-22(21)32-27(31)29-30-28(32)36-19(4)25(33)20-12-11-17(2)18(3)15-20/h6-15,19H,1-5H3. The van der Waals surface area contributed by atoms with Crippen molar-refractivity contribution in [3.05, 3.63) is 93.3 Å². The Kier molecular flexibility index (Phi) is 6.14. The van der Waals surface area contributed by atoms with Gasteiger partial charge in [-0.3, -0.25) is 14.0 Å². The molecule has 0 amide bonds. The second-order valence-corrected chi connectivity index (χ2v) is 10.2. The fraction of sp³-hybridized carbons (Fsp3) is 0.214. The minimum atomic E-state index is -0.410. The molecule has 7 nitrogen and oxygen atoms in total. The van der Waals surface area contributed by atoms with Crippen LogP contribution in [0.1, 0.15) is 34.0 Å². The van der Waals surface area contributed by atoms with Gasteiger partial charge in [-0.05, 0) is 74.7 Å². The van der Waals surface area contributed by atoms with Gasteiger partial charge in [-0.15, -0.1) is 10.2 Å². The molecular weight excluding hydrogens is 472 g/mol. The lowest BCUT2D eigenvalue weighted by molar-refractivity contribution is 0.0993. The summed E-state index contributed by atoms with van der Waals surface area (Å²) >= 11 is 1.32. The number of nitrogens with zero attached hydrogens (tertiary/aromatic N) is 4. The number of Topliss-reactive ketones (excluding diaryl/α,β-unsaturated/α-hetero) is 1. The highest BCUT2D eigenvalue weighted by Crippen LogP contribution is 2.30. The third-order valence-corrected chi connectivity index (χ3v) is 7.46. The van der Waals surface area contributed by atoms with Gasteiger partial charge in [0.25, 0.3) is 5.56 Å². The molecule has 0 saturated carbocycles. The van der Waals surface area contributed by atoms with E-state index in [0.29, 0.717) is 38.8 Å². The molecule has 0 bridgehead atoms. The summed E-state index contributed by atoms with van der Waals surface area (Å²) in [6, 6.07) is 18.8. The minimum Gasteiger partial charge on any atom is -0.495 e. The fourth-order valence-corrected chi connectivity index (χ4v) is 5.22. The normalized spacial score (nSPS) is 12.2. The predicted molar refractivity (Wildman–Crippen MR) is 143 cm³/mol. The topological polar surface area (TPSA) is 78.5 Å². The Labute approximate surface area is 212 Å². The SMILES string of the molecule is COc1ccc(C)cc1-n1c(=O)c2ccccc2n2c(SC(C)C(=O)c3ccc(C)c(C)c3)nnc12. The number of benzene rings is 3. The number of aromatic nitrogens is 4. The molecule has 36 heavy (non-hydrogen) atoms. The van der Waals surface area contributed by atoms with Crippen LogP contribution >= 0.6 is 11.8 Å². The molecule has 2 aromatic heterocycles. The molecule has 8 heteroatoms. The van der Waals surface area contributed by atoms with Crippen molar-refractivity contribution in [1.29, 1.82) is 0 Å². The first-order valence-electron chi connectivity index (χ1n) is 11.6. The van der Waals surface area contributed by atoms with Crippen molar-refractivity contribution in [3.63, 3.8) is 0 Å². The van der Waals surface area contributed by atoms with Gasteiger partial charge in [-0.2, -0.15) is 0 Å². The maximum atomic E-state index is 13.7. The highest BCUT2D eigenvalue weighted by molar-refractivity contribution is 8.00. The van der Waals surface area contributed by atoms with Gasteiger partial charge in [0.1, 0.15) is 5.75 Å². The molecule has 5 aromatic rings. The Bertz CT molecular complexity index is 1700. The van der Waals surface area contributed by atoms with Gasteiger partial charge in [0.2, 0.25) is 5.78 Å². The average molecular weight is 499 g/mol. The van der Waals surface area contributed by atoms with Gasteiger partial charge in [-0.1, -0.05) is 42.1 Å². The quantitative estimate of drug-likeness (QED) is 0.233. The summed E-state index contributed by atoms with van der Waals surface area (Å²) in [6.07, 6.45) is 0. The van der Waals surface area contributed by atoms with Crippen molar-refractivity contribution < 1.29 is 9.53 Å². The zero-order chi connectivity index (χ0) is 25.6. The van der Waals surface area contributed by atoms with Crippen LogP contribution in [0.25, 0.3) is 22.4 Å². The molecule has 5 rings (SSSR count). The van der Waals surface area contributed by atoms with Gasteiger partial charge in [-0.25, -0.2) is 4.57 Å². The molecule has 0 spiro atoms. The van der Waals surface area contributed by atoms with E-state index < -0.39 is 5.25 Å². The number of carbonyl (C=O) groups excluding carboxylic acids is 1. The van der Waals surface area contributed by atoms with Crippen molar-refractivity contribution >= 4 is 34.2 Å². The molecule has 3 aromatic carbocycles. The number of methoxy groups -OCH3 is 1. The predicted octanol–water partition coefficient (Wildman–Crippen LogP) is 5.33. The van der Waals surface area contributed by atoms with Gasteiger partial charge in [0, 0.05) is 5.56 Å². The molecule has 1 unspecified atom stereocenters. The molecule has 0 fully saturated rings. The number of ketones is 1. The summed E-state index contributed by atoms with van der Waals surface area (Å²) in [7, 11) is 1.57. The van der Waals surface area contributed by atoms with E-state index in [1.165, 1.54) is 16.3 Å². The Hall–Kier alpha value is -3.91. The molecule has 182 valence electrons. The van der Waals surface area contributed by atoms with E-state index in [4.69, 9.17) is 4.74 Å². The second kappa shape index (κ2) is 9.28. The number of aryl methyl sites for hydroxylation is 3. The lowest BCUT2D eigenvalue weighted by Gasteiger charge is -2.15. The summed E-state index contributed by atoms with van der Waals surface area (Å²) in [5.74, 6) is 0.920. The Morgan fingerprint density at radius 2 is 1.75 bits per heavy atom. The number of ether oxygens (including phenoxy) is 1. The van der Waals surface area contributed by atoms with Crippen LogP contribution in [0.5, 0.6) is 5.75 Å². The summed E-state index contributed by atoms with van der Waals surface area (Å²) in [6.45, 7) is 7.85. The average Bonchev–Trinajstić information content (AvgIpc) is 3.28. The summed E-state index contributed by atoms with van der Waals surface area (Å²) in [5, 5.41) is 9.47. The van der Waals surface area contributed by atoms with Crippen LogP contribution in [-0.2, 0) is 0 Å². The van der Waals surface area contributed by atoms with E-state index in [1.54, 1.807) is 13.2 Å². The first kappa shape index (κ1) is 23.8. The monoisotopic (exact) mass is 498 g/mol. The number of hydrogen-bond donors (Lipinski definition) is 0. The molecule has 0 saturated heterocycles. The number of para-hydroxylation sites is 1. The number of thioether (sulfide) groups is 1. The summed E-state index contributed by atoms with van der Waals surface area (Å²) in [5.41, 5.74) is 4.91. The van der Waals surface area contributed by atoms with Gasteiger partial charge in [0.05, 0.1) is 29.0 Å². The number of hydrogen-bond acceptors (Lipinski definition) is 6. The molecule has 2 heterocycles. The Morgan fingerprint density at radius 3 is 2.50 bits per heavy atom. The van der Waals surface area contributed by atoms with Gasteiger partial charge in [0.15, 0.2) is 10.9 Å². The maximum absolute atomic E-state index is 13.7. The van der Waals surface area contributed by atoms with Crippen molar-refractivity contribution in [3.8, 4) is 11.4 Å². The number of carbonyl (C=O) groups is 1. The zero-order valence-electron chi connectivity index (χ0n) is 20.8. The van der Waals surface area contributed by atoms with Crippen molar-refractivity contribution in [2.75, 3.05) is 7.11 Å². The van der Waals surface area contributed by atoms with Gasteiger partial charge >= 0.3 is 0 Å². The van der Waals surface area contributed by atoms with Gasteiger partial charge < -0.3 is 4.74 Å². The molecule has 0 aliphatic carbocycles. The fourth-order valence-electron chi connectivity index (χ4n) is 4.29. The molecule has 0 N–H and O–H groups in total. The number of rotatable bonds is 6. The zero-order valence-corrected chi connectivity index (χ0v) is 21.6. The van der Waals surface area contributed by atoms with E-state index in [9.17, 15) is 9.59 Å². The Balaban J connectivity index is 1.68. The third kappa shape index (κ3) is 3.97. The summed E-state index contributed by atoms with van der Waals surface area (Å²) < 4.78 is 8.94. The van der Waals surface area contributed by atoms with E-state index in [1.807, 2.05) is 86.7 Å². The lowest BCUT2D eigenvalue weighted by Crippen LogP contribution is -2.22. The van der Waals surface area contributed by atoms with E-state index in [-0.39, 0.29) is 11.3 Å². The van der Waals surface area contributed by atoms with Crippen LogP contribution in [0.2, 0.25) is 0 Å². The van der Waals surface area contributed by atoms with Crippen LogP contribution < -0.4 is 10.3 Å². The highest BCUT2D eigenvalue weighted by atomic mass is 32.2. The molecule has 0 aliphatic rings. The van der Waals surface area contributed by atoms with E-state index in [2.05, 4.69) is 10.2 Å². The lowest BCUT2D eigenvalue weighted by atomic mass is 10.0. The maximum Gasteiger partial charge on any atom is 0.267 e. The molecular formula is C28H26N4O3S. The first-order chi connectivity index (χ1) is 17.3. The van der Waals surface area contributed by atoms with Crippen molar-refractivity contribution in [2.45, 2.75) is 38.1 Å². The molecule has 0 radical (unpaired) electrons. The molecule has 0 aliphatic heterocycles. The first-order valence-corrected chi connectivity index (χ1v) is 12.5. The molecule has 1 atom stereocenters. The number of fused-ring (bicyclic) bond motifs is 3. The largest absolute Gasteiger partial charge is 0.495 e. The van der Waals surface area contributed by atoms with Crippen LogP contribution in [0, 0.1) is 20.8 Å². The van der Waals surface area contributed by atoms with Crippen molar-refractivity contribution in [1.82, 2.24) is 19.2 Å². The van der Waals surface area contributed by atoms with Crippen molar-refractivity contribution in [2.24, 2.45) is 0 Å². The summed E-state index contributed by atoms with van der Waals surface area (Å²) in [4.78, 5) is 26.9. The van der Waals surface area contributed by atoms with Crippen LogP contribution in [0.15, 0.2) is 70.6 Å². The van der Waals surface area contributed by atoms with Crippen LogP contribution in [0.4, 0.5) is 0 Å². The van der Waals surface area contributed by atoms with Crippen LogP contribution in [0.3, 0.4) is 0 Å². The third-order valence-electron chi connectivity index (χ3n) is 6.41. The van der Waals surface area contributed by atoms with Crippen LogP contribution in [-0.4, -0.2) is 37.3 Å². The second-order valence-electron chi connectivity index (χ2n) is 8.87.